The van der Waals surface area contributed by atoms with Gasteiger partial charge in [0.1, 0.15) is 0 Å². The van der Waals surface area contributed by atoms with Gasteiger partial charge in [0.2, 0.25) is 5.95 Å². The lowest BCUT2D eigenvalue weighted by molar-refractivity contribution is 0.102. The molecule has 0 spiro atoms. The van der Waals surface area contributed by atoms with Crippen molar-refractivity contribution >= 4 is 28.9 Å². The third-order valence-electron chi connectivity index (χ3n) is 5.03. The summed E-state index contributed by atoms with van der Waals surface area (Å²) in [6.07, 6.45) is 6.86. The number of anilines is 4. The van der Waals surface area contributed by atoms with E-state index in [1.165, 1.54) is 37.3 Å². The minimum atomic E-state index is -0.224. The molecule has 1 aliphatic heterocycles. The molecule has 0 radical (unpaired) electrons. The largest absolute Gasteiger partial charge is 0.372 e. The number of aromatic nitrogens is 2. The Labute approximate surface area is 171 Å². The molecule has 2 aromatic carbocycles. The van der Waals surface area contributed by atoms with Gasteiger partial charge in [0.15, 0.2) is 0 Å². The number of piperidine rings is 1. The molecule has 1 aliphatic rings. The first-order valence-corrected chi connectivity index (χ1v) is 9.99. The summed E-state index contributed by atoms with van der Waals surface area (Å²) in [5.41, 5.74) is 4.45. The molecule has 6 heteroatoms. The van der Waals surface area contributed by atoms with E-state index in [4.69, 9.17) is 0 Å². The molecule has 0 atom stereocenters. The fourth-order valence-electron chi connectivity index (χ4n) is 3.47. The molecule has 0 unspecified atom stereocenters. The molecule has 1 fully saturated rings. The maximum Gasteiger partial charge on any atom is 0.258 e. The number of carbonyl (C=O) groups is 1. The molecule has 1 saturated heterocycles. The number of nitrogens with zero attached hydrogens (tertiary/aromatic N) is 3. The molecule has 2 heterocycles. The number of hydrogen-bond acceptors (Lipinski definition) is 5. The second kappa shape index (κ2) is 8.73. The predicted molar refractivity (Wildman–Crippen MR) is 117 cm³/mol. The molecule has 0 saturated carbocycles. The van der Waals surface area contributed by atoms with Crippen molar-refractivity contribution in [2.45, 2.75) is 26.2 Å². The van der Waals surface area contributed by atoms with Crippen LogP contribution in [0.3, 0.4) is 0 Å². The summed E-state index contributed by atoms with van der Waals surface area (Å²) in [6.45, 7) is 4.23. The summed E-state index contributed by atoms with van der Waals surface area (Å²) in [5.74, 6) is 0.232. The van der Waals surface area contributed by atoms with Gasteiger partial charge >= 0.3 is 0 Å². The number of amides is 1. The van der Waals surface area contributed by atoms with Crippen LogP contribution in [-0.4, -0.2) is 29.0 Å². The van der Waals surface area contributed by atoms with Crippen molar-refractivity contribution < 1.29 is 4.79 Å². The first-order chi connectivity index (χ1) is 14.2. The first kappa shape index (κ1) is 18.9. The van der Waals surface area contributed by atoms with Gasteiger partial charge in [0.05, 0.1) is 5.56 Å². The van der Waals surface area contributed by atoms with Crippen LogP contribution in [0.15, 0.2) is 60.9 Å². The van der Waals surface area contributed by atoms with E-state index in [1.54, 1.807) is 0 Å². The summed E-state index contributed by atoms with van der Waals surface area (Å²) >= 11 is 0. The van der Waals surface area contributed by atoms with Crippen molar-refractivity contribution in [1.29, 1.82) is 0 Å². The highest BCUT2D eigenvalue weighted by Gasteiger charge is 2.12. The third kappa shape index (κ3) is 4.90. The molecule has 4 rings (SSSR count). The number of carbonyl (C=O) groups excluding carboxylic acids is 1. The Kier molecular flexibility index (Phi) is 5.70. The van der Waals surface area contributed by atoms with Crippen LogP contribution in [0.1, 0.15) is 35.2 Å². The average Bonchev–Trinajstić information content (AvgIpc) is 2.75. The van der Waals surface area contributed by atoms with E-state index in [0.717, 1.165) is 30.0 Å². The number of aryl methyl sites for hydroxylation is 1. The maximum absolute atomic E-state index is 12.5. The van der Waals surface area contributed by atoms with Gasteiger partial charge in [-0.05, 0) is 68.1 Å². The average molecular weight is 387 g/mol. The number of rotatable bonds is 5. The zero-order chi connectivity index (χ0) is 20.1. The van der Waals surface area contributed by atoms with E-state index in [-0.39, 0.29) is 5.91 Å². The Balaban J connectivity index is 1.36. The van der Waals surface area contributed by atoms with Gasteiger partial charge in [-0.15, -0.1) is 0 Å². The van der Waals surface area contributed by atoms with Crippen molar-refractivity contribution in [3.63, 3.8) is 0 Å². The summed E-state index contributed by atoms with van der Waals surface area (Å²) in [7, 11) is 0. The van der Waals surface area contributed by atoms with Gasteiger partial charge < -0.3 is 15.5 Å². The number of hydrogen-bond donors (Lipinski definition) is 2. The Bertz CT molecular complexity index is 963. The van der Waals surface area contributed by atoms with Crippen LogP contribution < -0.4 is 15.5 Å². The molecule has 0 bridgehead atoms. The van der Waals surface area contributed by atoms with Crippen molar-refractivity contribution in [3.05, 3.63) is 72.1 Å². The van der Waals surface area contributed by atoms with Crippen LogP contribution in [0, 0.1) is 6.92 Å². The zero-order valence-corrected chi connectivity index (χ0v) is 16.6. The molecular weight excluding hydrogens is 362 g/mol. The summed E-state index contributed by atoms with van der Waals surface area (Å²) in [6, 6.07) is 16.0. The maximum atomic E-state index is 12.5. The van der Waals surface area contributed by atoms with Crippen molar-refractivity contribution in [1.82, 2.24) is 9.97 Å². The van der Waals surface area contributed by atoms with Gasteiger partial charge in [-0.1, -0.05) is 12.1 Å². The number of benzene rings is 2. The fraction of sp³-hybridized carbons (Fsp3) is 0.261. The van der Waals surface area contributed by atoms with Gasteiger partial charge in [-0.25, -0.2) is 9.97 Å². The molecule has 29 heavy (non-hydrogen) atoms. The Morgan fingerprint density at radius 2 is 1.66 bits per heavy atom. The SMILES string of the molecule is Cc1cccc(Nc2ncc(C(=O)Nc3ccc(N4CCCCC4)cc3)cn2)c1. The normalized spacial score (nSPS) is 13.8. The summed E-state index contributed by atoms with van der Waals surface area (Å²) < 4.78 is 0. The van der Waals surface area contributed by atoms with E-state index in [9.17, 15) is 4.79 Å². The highest BCUT2D eigenvalue weighted by molar-refractivity contribution is 6.04. The lowest BCUT2D eigenvalue weighted by atomic mass is 10.1. The minimum Gasteiger partial charge on any atom is -0.372 e. The smallest absolute Gasteiger partial charge is 0.258 e. The van der Waals surface area contributed by atoms with Gasteiger partial charge in [0.25, 0.3) is 5.91 Å². The molecule has 0 aliphatic carbocycles. The van der Waals surface area contributed by atoms with Crippen molar-refractivity contribution in [2.75, 3.05) is 28.6 Å². The van der Waals surface area contributed by atoms with Crippen molar-refractivity contribution in [2.24, 2.45) is 0 Å². The van der Waals surface area contributed by atoms with Crippen LogP contribution in [0.2, 0.25) is 0 Å². The quantitative estimate of drug-likeness (QED) is 0.660. The second-order valence-electron chi connectivity index (χ2n) is 7.34. The fourth-order valence-corrected chi connectivity index (χ4v) is 3.47. The second-order valence-corrected chi connectivity index (χ2v) is 7.34. The standard InChI is InChI=1S/C23H25N5O/c1-17-6-5-7-20(14-17)27-23-24-15-18(16-25-23)22(29)26-19-8-10-21(11-9-19)28-12-3-2-4-13-28/h5-11,14-16H,2-4,12-13H2,1H3,(H,26,29)(H,24,25,27). The van der Waals surface area contributed by atoms with Crippen LogP contribution in [-0.2, 0) is 0 Å². The first-order valence-electron chi connectivity index (χ1n) is 9.99. The molecule has 1 aromatic heterocycles. The van der Waals surface area contributed by atoms with Gasteiger partial charge in [0, 0.05) is 42.5 Å². The highest BCUT2D eigenvalue weighted by Crippen LogP contribution is 2.22. The van der Waals surface area contributed by atoms with E-state index in [2.05, 4.69) is 37.6 Å². The topological polar surface area (TPSA) is 70.2 Å². The highest BCUT2D eigenvalue weighted by atomic mass is 16.1. The Hall–Kier alpha value is -3.41. The van der Waals surface area contributed by atoms with Crippen LogP contribution in [0.5, 0.6) is 0 Å². The van der Waals surface area contributed by atoms with E-state index >= 15 is 0 Å². The van der Waals surface area contributed by atoms with Crippen molar-refractivity contribution in [3.8, 4) is 0 Å². The summed E-state index contributed by atoms with van der Waals surface area (Å²) in [5, 5.41) is 6.05. The minimum absolute atomic E-state index is 0.224. The molecule has 1 amide bonds. The van der Waals surface area contributed by atoms with Crippen LogP contribution >= 0.6 is 0 Å². The Morgan fingerprint density at radius 1 is 0.931 bits per heavy atom. The zero-order valence-electron chi connectivity index (χ0n) is 16.6. The van der Waals surface area contributed by atoms with Gasteiger partial charge in [-0.3, -0.25) is 4.79 Å². The van der Waals surface area contributed by atoms with Crippen LogP contribution in [0.4, 0.5) is 23.0 Å². The van der Waals surface area contributed by atoms with E-state index in [1.807, 2.05) is 43.3 Å². The Morgan fingerprint density at radius 3 is 2.34 bits per heavy atom. The van der Waals surface area contributed by atoms with Gasteiger partial charge in [-0.2, -0.15) is 0 Å². The molecule has 2 N–H and O–H groups in total. The van der Waals surface area contributed by atoms with E-state index in [0.29, 0.717) is 11.5 Å². The molecule has 148 valence electrons. The lowest BCUT2D eigenvalue weighted by Crippen LogP contribution is -2.29. The number of nitrogens with one attached hydrogen (secondary N) is 2. The molecule has 6 nitrogen and oxygen atoms in total. The monoisotopic (exact) mass is 387 g/mol. The predicted octanol–water partition coefficient (Wildman–Crippen LogP) is 4.77. The molecule has 3 aromatic rings. The lowest BCUT2D eigenvalue weighted by Gasteiger charge is -2.28. The summed E-state index contributed by atoms with van der Waals surface area (Å²) in [4.78, 5) is 23.4. The van der Waals surface area contributed by atoms with Crippen LogP contribution in [0.25, 0.3) is 0 Å². The van der Waals surface area contributed by atoms with E-state index < -0.39 is 0 Å². The third-order valence-corrected chi connectivity index (χ3v) is 5.03. The molecular formula is C23H25N5O.